The summed E-state index contributed by atoms with van der Waals surface area (Å²) in [6.07, 6.45) is 0. The van der Waals surface area contributed by atoms with E-state index in [-0.39, 0.29) is 31.6 Å². The summed E-state index contributed by atoms with van der Waals surface area (Å²) >= 11 is 24.9. The van der Waals surface area contributed by atoms with Crippen molar-refractivity contribution in [2.75, 3.05) is 6.54 Å². The second kappa shape index (κ2) is 8.00. The molecule has 0 amide bonds. The summed E-state index contributed by atoms with van der Waals surface area (Å²) in [6, 6.07) is 4.32. The van der Waals surface area contributed by atoms with Gasteiger partial charge in [-0.2, -0.15) is 0 Å². The van der Waals surface area contributed by atoms with Gasteiger partial charge in [0.1, 0.15) is 11.5 Å². The number of nitrogens with one attached hydrogen (secondary N) is 1. The van der Waals surface area contributed by atoms with Crippen molar-refractivity contribution in [2.45, 2.75) is 19.0 Å². The molecule has 0 aromatic heterocycles. The van der Waals surface area contributed by atoms with Crippen LogP contribution in [-0.4, -0.2) is 16.8 Å². The van der Waals surface area contributed by atoms with Gasteiger partial charge in [0.15, 0.2) is 0 Å². The third kappa shape index (κ3) is 4.02. The van der Waals surface area contributed by atoms with Crippen LogP contribution >= 0.6 is 46.4 Å². The summed E-state index contributed by atoms with van der Waals surface area (Å²) in [5, 5.41) is 23.4. The number of benzene rings is 2. The Morgan fingerprint density at radius 1 is 0.875 bits per heavy atom. The zero-order chi connectivity index (χ0) is 18.0. The largest absolute Gasteiger partial charge is 0.508 e. The number of halogens is 4. The van der Waals surface area contributed by atoms with Crippen LogP contribution in [0.4, 0.5) is 0 Å². The number of rotatable bonds is 5. The first kappa shape index (κ1) is 19.4. The highest BCUT2D eigenvalue weighted by molar-refractivity contribution is 6.37. The molecule has 0 spiro atoms. The lowest BCUT2D eigenvalue weighted by atomic mass is 9.93. The van der Waals surface area contributed by atoms with Crippen LogP contribution in [0, 0.1) is 0 Å². The molecule has 130 valence electrons. The normalized spacial score (nSPS) is 13.8. The van der Waals surface area contributed by atoms with Crippen molar-refractivity contribution in [3.63, 3.8) is 0 Å². The van der Waals surface area contributed by atoms with Gasteiger partial charge in [-0.1, -0.05) is 53.3 Å². The van der Waals surface area contributed by atoms with Crippen LogP contribution in [0.5, 0.6) is 11.5 Å². The standard InChI is InChI=1S/C16H16Cl4N2O2/c1-2-22-16(14-11(19)5-8(24)6-12(14)20)15(21)13-9(17)3-7(23)4-10(13)18/h3-6,15-16,22-24H,2,21H2,1H3. The number of hydrogen-bond acceptors (Lipinski definition) is 4. The Morgan fingerprint density at radius 2 is 1.25 bits per heavy atom. The molecule has 2 unspecified atom stereocenters. The molecule has 0 aliphatic carbocycles. The number of phenolic OH excluding ortho intramolecular Hbond substituents is 2. The van der Waals surface area contributed by atoms with Crippen LogP contribution in [0.3, 0.4) is 0 Å². The van der Waals surface area contributed by atoms with E-state index in [4.69, 9.17) is 52.1 Å². The molecule has 0 aliphatic heterocycles. The van der Waals surface area contributed by atoms with E-state index in [0.717, 1.165) is 0 Å². The Kier molecular flexibility index (Phi) is 6.48. The van der Waals surface area contributed by atoms with Crippen molar-refractivity contribution in [3.05, 3.63) is 55.5 Å². The highest BCUT2D eigenvalue weighted by Gasteiger charge is 2.28. The molecule has 2 aromatic rings. The molecule has 5 N–H and O–H groups in total. The molecule has 2 atom stereocenters. The molecule has 2 aromatic carbocycles. The minimum atomic E-state index is -0.690. The second-order valence-corrected chi connectivity index (χ2v) is 6.84. The summed E-state index contributed by atoms with van der Waals surface area (Å²) in [5.74, 6) is -0.0973. The molecule has 0 bridgehead atoms. The van der Waals surface area contributed by atoms with Gasteiger partial charge in [0, 0.05) is 11.1 Å². The van der Waals surface area contributed by atoms with Gasteiger partial charge in [0.05, 0.1) is 32.2 Å². The minimum absolute atomic E-state index is 0.0433. The van der Waals surface area contributed by atoms with Gasteiger partial charge in [0.2, 0.25) is 0 Å². The van der Waals surface area contributed by atoms with E-state index >= 15 is 0 Å². The molecule has 24 heavy (non-hydrogen) atoms. The molecule has 0 saturated carbocycles. The van der Waals surface area contributed by atoms with Crippen molar-refractivity contribution in [3.8, 4) is 11.5 Å². The number of aromatic hydroxyl groups is 2. The van der Waals surface area contributed by atoms with Gasteiger partial charge in [-0.3, -0.25) is 0 Å². The molecular weight excluding hydrogens is 394 g/mol. The zero-order valence-electron chi connectivity index (χ0n) is 12.7. The van der Waals surface area contributed by atoms with Gasteiger partial charge >= 0.3 is 0 Å². The van der Waals surface area contributed by atoms with Crippen LogP contribution < -0.4 is 11.1 Å². The topological polar surface area (TPSA) is 78.5 Å². The molecule has 8 heteroatoms. The molecule has 0 fully saturated rings. The van der Waals surface area contributed by atoms with Crippen molar-refractivity contribution >= 4 is 46.4 Å². The molecule has 0 saturated heterocycles. The van der Waals surface area contributed by atoms with Crippen LogP contribution in [0.2, 0.25) is 20.1 Å². The van der Waals surface area contributed by atoms with E-state index in [9.17, 15) is 10.2 Å². The predicted molar refractivity (Wildman–Crippen MR) is 99.6 cm³/mol. The lowest BCUT2D eigenvalue weighted by Gasteiger charge is -2.28. The lowest BCUT2D eigenvalue weighted by Crippen LogP contribution is -2.32. The highest BCUT2D eigenvalue weighted by Crippen LogP contribution is 2.42. The first-order chi connectivity index (χ1) is 11.3. The van der Waals surface area contributed by atoms with E-state index in [2.05, 4.69) is 5.32 Å². The van der Waals surface area contributed by atoms with Gasteiger partial charge in [-0.05, 0) is 30.8 Å². The van der Waals surface area contributed by atoms with Gasteiger partial charge in [-0.15, -0.1) is 0 Å². The highest BCUT2D eigenvalue weighted by atomic mass is 35.5. The second-order valence-electron chi connectivity index (χ2n) is 5.21. The number of hydrogen-bond donors (Lipinski definition) is 4. The lowest BCUT2D eigenvalue weighted by molar-refractivity contribution is 0.457. The Labute approximate surface area is 160 Å². The van der Waals surface area contributed by atoms with Crippen molar-refractivity contribution in [1.29, 1.82) is 0 Å². The minimum Gasteiger partial charge on any atom is -0.508 e. The SMILES string of the molecule is CCNC(c1c(Cl)cc(O)cc1Cl)C(N)c1c(Cl)cc(O)cc1Cl. The van der Waals surface area contributed by atoms with Gasteiger partial charge in [0.25, 0.3) is 0 Å². The van der Waals surface area contributed by atoms with Crippen LogP contribution in [0.25, 0.3) is 0 Å². The Bertz CT molecular complexity index is 709. The molecular formula is C16H16Cl4N2O2. The average molecular weight is 410 g/mol. The first-order valence-electron chi connectivity index (χ1n) is 7.11. The molecule has 2 rings (SSSR count). The smallest absolute Gasteiger partial charge is 0.118 e. The quantitative estimate of drug-likeness (QED) is 0.556. The number of nitrogens with two attached hydrogens (primary N) is 1. The number of likely N-dealkylation sites (N-methyl/N-ethyl adjacent to an activating group) is 1. The summed E-state index contributed by atoms with van der Waals surface area (Å²) in [5.41, 5.74) is 7.39. The van der Waals surface area contributed by atoms with Crippen LogP contribution in [-0.2, 0) is 0 Å². The molecule has 4 nitrogen and oxygen atoms in total. The molecule has 0 heterocycles. The maximum absolute atomic E-state index is 9.61. The molecule has 0 radical (unpaired) electrons. The Hall–Kier alpha value is -0.880. The average Bonchev–Trinajstić information content (AvgIpc) is 2.44. The fourth-order valence-corrected chi connectivity index (χ4v) is 3.99. The van der Waals surface area contributed by atoms with Gasteiger partial charge in [-0.25, -0.2) is 0 Å². The summed E-state index contributed by atoms with van der Waals surface area (Å²) in [4.78, 5) is 0. The number of phenols is 2. The Balaban J connectivity index is 2.57. The van der Waals surface area contributed by atoms with Crippen LogP contribution in [0.15, 0.2) is 24.3 Å². The summed E-state index contributed by atoms with van der Waals surface area (Å²) < 4.78 is 0. The van der Waals surface area contributed by atoms with E-state index < -0.39 is 12.1 Å². The predicted octanol–water partition coefficient (Wildman–Crippen LogP) is 5.06. The van der Waals surface area contributed by atoms with E-state index in [0.29, 0.717) is 17.7 Å². The fraction of sp³-hybridized carbons (Fsp3) is 0.250. The van der Waals surface area contributed by atoms with E-state index in [1.807, 2.05) is 6.92 Å². The van der Waals surface area contributed by atoms with Crippen molar-refractivity contribution < 1.29 is 10.2 Å². The van der Waals surface area contributed by atoms with Gasteiger partial charge < -0.3 is 21.3 Å². The third-order valence-electron chi connectivity index (χ3n) is 3.56. The Morgan fingerprint density at radius 3 is 1.62 bits per heavy atom. The maximum Gasteiger partial charge on any atom is 0.118 e. The first-order valence-corrected chi connectivity index (χ1v) is 8.62. The third-order valence-corrected chi connectivity index (χ3v) is 4.81. The summed E-state index contributed by atoms with van der Waals surface area (Å²) in [7, 11) is 0. The zero-order valence-corrected chi connectivity index (χ0v) is 15.7. The fourth-order valence-electron chi connectivity index (χ4n) is 2.55. The maximum atomic E-state index is 9.61. The monoisotopic (exact) mass is 408 g/mol. The van der Waals surface area contributed by atoms with E-state index in [1.165, 1.54) is 24.3 Å². The molecule has 0 aliphatic rings. The van der Waals surface area contributed by atoms with Crippen molar-refractivity contribution in [2.24, 2.45) is 5.73 Å². The summed E-state index contributed by atoms with van der Waals surface area (Å²) in [6.45, 7) is 2.49. The van der Waals surface area contributed by atoms with Crippen LogP contribution in [0.1, 0.15) is 30.1 Å². The van der Waals surface area contributed by atoms with E-state index in [1.54, 1.807) is 0 Å². The van der Waals surface area contributed by atoms with Crippen molar-refractivity contribution in [1.82, 2.24) is 5.32 Å².